The molecule has 1 heterocycles. The van der Waals surface area contributed by atoms with E-state index in [-0.39, 0.29) is 6.61 Å². The van der Waals surface area contributed by atoms with Gasteiger partial charge in [-0.25, -0.2) is 9.87 Å². The summed E-state index contributed by atoms with van der Waals surface area (Å²) < 4.78 is 13.0. The van der Waals surface area contributed by atoms with Crippen LogP contribution in [0.3, 0.4) is 0 Å². The van der Waals surface area contributed by atoms with E-state index in [2.05, 4.69) is 15.6 Å². The van der Waals surface area contributed by atoms with Crippen molar-refractivity contribution in [3.63, 3.8) is 0 Å². The molecule has 0 unspecified atom stereocenters. The van der Waals surface area contributed by atoms with Gasteiger partial charge in [0.25, 0.3) is 11.8 Å². The highest BCUT2D eigenvalue weighted by Crippen LogP contribution is 2.08. The van der Waals surface area contributed by atoms with Crippen LogP contribution in [0.5, 0.6) is 0 Å². The number of nitrogens with one attached hydrogen (secondary N) is 2. The molecule has 2 N–H and O–H groups in total. The summed E-state index contributed by atoms with van der Waals surface area (Å²) in [6.07, 6.45) is 0. The Bertz CT molecular complexity index is 236. The van der Waals surface area contributed by atoms with Gasteiger partial charge in [0.15, 0.2) is 5.67 Å². The smallest absolute Gasteiger partial charge is 0.268 e. The Morgan fingerprint density at radius 2 is 2.38 bits per heavy atom. The van der Waals surface area contributed by atoms with E-state index in [1.807, 2.05) is 0 Å². The number of hydrogen-bond acceptors (Lipinski definition) is 3. The van der Waals surface area contributed by atoms with Gasteiger partial charge in [-0.1, -0.05) is 0 Å². The lowest BCUT2D eigenvalue weighted by molar-refractivity contribution is -0.134. The van der Waals surface area contributed by atoms with Crippen molar-refractivity contribution >= 4 is 11.8 Å². The fourth-order valence-electron chi connectivity index (χ4n) is 0.780. The van der Waals surface area contributed by atoms with Crippen LogP contribution in [0, 0.1) is 0 Å². The highest BCUT2D eigenvalue weighted by atomic mass is 19.1. The van der Waals surface area contributed by atoms with Crippen LogP contribution in [0.15, 0.2) is 0 Å². The van der Waals surface area contributed by atoms with Crippen LogP contribution in [-0.4, -0.2) is 30.1 Å². The molecule has 74 valence electrons. The number of hydroxylamine groups is 1. The molecule has 0 aromatic heterocycles. The highest BCUT2D eigenvalue weighted by Gasteiger charge is 2.33. The molecule has 0 aliphatic carbocycles. The van der Waals surface area contributed by atoms with E-state index in [1.54, 1.807) is 0 Å². The van der Waals surface area contributed by atoms with E-state index in [1.165, 1.54) is 0 Å². The fraction of sp³-hybridized carbons (Fsp3) is 0.714. The lowest BCUT2D eigenvalue weighted by atomic mass is 10.1. The summed E-state index contributed by atoms with van der Waals surface area (Å²) in [6.45, 7) is 2.27. The number of carbonyl (C=O) groups is 2. The Morgan fingerprint density at radius 3 is 2.77 bits per heavy atom. The molecular formula is C7H11FN2O3. The van der Waals surface area contributed by atoms with Crippen molar-refractivity contribution in [2.24, 2.45) is 0 Å². The van der Waals surface area contributed by atoms with Gasteiger partial charge >= 0.3 is 0 Å². The molecule has 0 radical (unpaired) electrons. The van der Waals surface area contributed by atoms with Crippen molar-refractivity contribution < 1.29 is 18.8 Å². The first-order valence-electron chi connectivity index (χ1n) is 3.83. The van der Waals surface area contributed by atoms with Crippen molar-refractivity contribution in [1.82, 2.24) is 10.8 Å². The Morgan fingerprint density at radius 1 is 1.77 bits per heavy atom. The van der Waals surface area contributed by atoms with Gasteiger partial charge in [-0.3, -0.25) is 14.4 Å². The van der Waals surface area contributed by atoms with Crippen molar-refractivity contribution in [1.29, 1.82) is 0 Å². The van der Waals surface area contributed by atoms with E-state index >= 15 is 0 Å². The van der Waals surface area contributed by atoms with Gasteiger partial charge in [0.2, 0.25) is 0 Å². The molecule has 0 saturated carbocycles. The molecule has 1 saturated heterocycles. The average molecular weight is 190 g/mol. The number of carbonyl (C=O) groups excluding carboxylic acids is 2. The van der Waals surface area contributed by atoms with Gasteiger partial charge in [0.05, 0.1) is 0 Å². The molecule has 1 rings (SSSR count). The van der Waals surface area contributed by atoms with Crippen molar-refractivity contribution in [3.05, 3.63) is 0 Å². The summed E-state index contributed by atoms with van der Waals surface area (Å²) in [6, 6.07) is -0.789. The number of rotatable bonds is 2. The molecule has 0 aromatic rings. The molecule has 0 bridgehead atoms. The van der Waals surface area contributed by atoms with Gasteiger partial charge < -0.3 is 5.32 Å². The zero-order valence-electron chi connectivity index (χ0n) is 7.39. The van der Waals surface area contributed by atoms with Crippen LogP contribution < -0.4 is 10.8 Å². The molecule has 0 spiro atoms. The molecule has 6 heteroatoms. The maximum atomic E-state index is 13.0. The second kappa shape index (κ2) is 3.29. The number of halogens is 1. The Labute approximate surface area is 74.6 Å². The van der Waals surface area contributed by atoms with Crippen molar-refractivity contribution in [3.8, 4) is 0 Å². The minimum atomic E-state index is -1.98. The second-order valence-electron chi connectivity index (χ2n) is 3.28. The van der Waals surface area contributed by atoms with Gasteiger partial charge in [-0.2, -0.15) is 0 Å². The summed E-state index contributed by atoms with van der Waals surface area (Å²) in [4.78, 5) is 26.5. The number of hydrogen-bond donors (Lipinski definition) is 2. The third-order valence-electron chi connectivity index (χ3n) is 1.58. The van der Waals surface area contributed by atoms with Crippen LogP contribution in [-0.2, 0) is 14.4 Å². The summed E-state index contributed by atoms with van der Waals surface area (Å²) in [5, 5.41) is 2.22. The Hall–Kier alpha value is -1.17. The molecule has 1 atom stereocenters. The minimum absolute atomic E-state index is 0.0284. The van der Waals surface area contributed by atoms with Gasteiger partial charge in [-0.15, -0.1) is 0 Å². The van der Waals surface area contributed by atoms with Crippen LogP contribution in [0.1, 0.15) is 13.8 Å². The van der Waals surface area contributed by atoms with E-state index < -0.39 is 23.5 Å². The number of alkyl halides is 1. The summed E-state index contributed by atoms with van der Waals surface area (Å²) in [7, 11) is 0. The quantitative estimate of drug-likeness (QED) is 0.604. The lowest BCUT2D eigenvalue weighted by Gasteiger charge is -2.15. The predicted molar refractivity (Wildman–Crippen MR) is 41.2 cm³/mol. The van der Waals surface area contributed by atoms with Crippen LogP contribution in [0.4, 0.5) is 4.39 Å². The fourth-order valence-corrected chi connectivity index (χ4v) is 0.780. The zero-order chi connectivity index (χ0) is 10.1. The topological polar surface area (TPSA) is 67.4 Å². The van der Waals surface area contributed by atoms with Crippen molar-refractivity contribution in [2.75, 3.05) is 6.61 Å². The minimum Gasteiger partial charge on any atom is -0.339 e. The zero-order valence-corrected chi connectivity index (χ0v) is 7.39. The van der Waals surface area contributed by atoms with Gasteiger partial charge in [-0.05, 0) is 13.8 Å². The van der Waals surface area contributed by atoms with E-state index in [9.17, 15) is 14.0 Å². The normalized spacial score (nSPS) is 22.7. The maximum Gasteiger partial charge on any atom is 0.268 e. The molecule has 1 aliphatic rings. The Kier molecular flexibility index (Phi) is 2.51. The van der Waals surface area contributed by atoms with Crippen molar-refractivity contribution in [2.45, 2.75) is 25.6 Å². The highest BCUT2D eigenvalue weighted by molar-refractivity contribution is 5.91. The first-order chi connectivity index (χ1) is 5.91. The van der Waals surface area contributed by atoms with E-state index in [0.717, 1.165) is 13.8 Å². The molecule has 13 heavy (non-hydrogen) atoms. The molecule has 1 fully saturated rings. The Balaban J connectivity index is 2.49. The molecule has 5 nitrogen and oxygen atoms in total. The lowest BCUT2D eigenvalue weighted by Crippen LogP contribution is -2.48. The van der Waals surface area contributed by atoms with Crippen LogP contribution >= 0.6 is 0 Å². The molecule has 0 aromatic carbocycles. The molecule has 1 aliphatic heterocycles. The predicted octanol–water partition coefficient (Wildman–Crippen LogP) is -0.719. The number of amides is 2. The molecular weight excluding hydrogens is 179 g/mol. The standard InChI is InChI=1S/C7H11FN2O3/c1-7(2,8)6(12)9-4-3-13-10-5(4)11/h4H,3H2,1-2H3,(H,9,12)(H,10,11)/t4-/m1/s1. The average Bonchev–Trinajstić information content (AvgIpc) is 2.34. The van der Waals surface area contributed by atoms with Crippen LogP contribution in [0.25, 0.3) is 0 Å². The summed E-state index contributed by atoms with van der Waals surface area (Å²) in [5.41, 5.74) is 0.0670. The summed E-state index contributed by atoms with van der Waals surface area (Å²) >= 11 is 0. The second-order valence-corrected chi connectivity index (χ2v) is 3.28. The summed E-state index contributed by atoms with van der Waals surface area (Å²) in [5.74, 6) is -1.28. The van der Waals surface area contributed by atoms with E-state index in [4.69, 9.17) is 0 Å². The monoisotopic (exact) mass is 190 g/mol. The van der Waals surface area contributed by atoms with Gasteiger partial charge in [0, 0.05) is 0 Å². The third kappa shape index (κ3) is 2.38. The van der Waals surface area contributed by atoms with Crippen LogP contribution in [0.2, 0.25) is 0 Å². The van der Waals surface area contributed by atoms with Gasteiger partial charge in [0.1, 0.15) is 12.6 Å². The largest absolute Gasteiger partial charge is 0.339 e. The SMILES string of the molecule is CC(C)(F)C(=O)N[C@@H]1CONC1=O. The van der Waals surface area contributed by atoms with E-state index in [0.29, 0.717) is 0 Å². The third-order valence-corrected chi connectivity index (χ3v) is 1.58. The maximum absolute atomic E-state index is 13.0. The first kappa shape index (κ1) is 9.91. The first-order valence-corrected chi connectivity index (χ1v) is 3.83. The molecule has 2 amide bonds.